The van der Waals surface area contributed by atoms with Gasteiger partial charge in [0.2, 0.25) is 0 Å². The third-order valence-corrected chi connectivity index (χ3v) is 8.09. The van der Waals surface area contributed by atoms with Crippen LogP contribution in [0.5, 0.6) is 17.2 Å². The highest BCUT2D eigenvalue weighted by atomic mass is 35.5. The molecule has 6 nitrogen and oxygen atoms in total. The van der Waals surface area contributed by atoms with Gasteiger partial charge in [0, 0.05) is 30.6 Å². The normalized spacial score (nSPS) is 11.2. The van der Waals surface area contributed by atoms with Gasteiger partial charge >= 0.3 is 0 Å². The van der Waals surface area contributed by atoms with Crippen LogP contribution >= 0.6 is 20.2 Å². The van der Waals surface area contributed by atoms with Gasteiger partial charge in [-0.15, -0.1) is 0 Å². The van der Waals surface area contributed by atoms with Crippen LogP contribution in [0.4, 0.5) is 8.78 Å². The number of rotatable bonds is 13. The van der Waals surface area contributed by atoms with Gasteiger partial charge in [0.05, 0.1) is 12.0 Å². The molecule has 10 heteroatoms. The number of ether oxygens (including phenoxy) is 2. The fraction of sp³-hybridized carbons (Fsp3) is 0.258. The lowest BCUT2D eigenvalue weighted by atomic mass is 10.0. The monoisotopic (exact) mass is 598 g/mol. The summed E-state index contributed by atoms with van der Waals surface area (Å²) in [5.74, 6) is -1.31. The molecule has 2 heterocycles. The quantitative estimate of drug-likeness (QED) is 0.0919. The number of unbranched alkanes of at least 4 members (excludes halogenated alkanes) is 2. The lowest BCUT2D eigenvalue weighted by molar-refractivity contribution is 0.0987. The lowest BCUT2D eigenvalue weighted by Gasteiger charge is -2.14. The molecule has 0 fully saturated rings. The maximum Gasteiger partial charge on any atom is 0.269 e. The number of halogens is 3. The first-order valence-corrected chi connectivity index (χ1v) is 14.9. The molecule has 2 aromatic carbocycles. The van der Waals surface area contributed by atoms with E-state index in [9.17, 15) is 14.0 Å². The second-order valence-corrected chi connectivity index (χ2v) is 10.9. The summed E-state index contributed by atoms with van der Waals surface area (Å²) in [6, 6.07) is 12.6. The highest BCUT2D eigenvalue weighted by molar-refractivity contribution is 7.47. The molecule has 0 saturated carbocycles. The molecule has 0 bridgehead atoms. The van der Waals surface area contributed by atoms with Crippen LogP contribution in [0.2, 0.25) is 5.02 Å². The Bertz CT molecular complexity index is 1580. The first-order valence-electron chi connectivity index (χ1n) is 13.3. The van der Waals surface area contributed by atoms with Gasteiger partial charge in [-0.3, -0.25) is 19.1 Å². The summed E-state index contributed by atoms with van der Waals surface area (Å²) in [5, 5.41) is 0.353. The summed E-state index contributed by atoms with van der Waals surface area (Å²) in [5.41, 5.74) is 0.669. The summed E-state index contributed by atoms with van der Waals surface area (Å²) < 4.78 is 41.0. The first-order chi connectivity index (χ1) is 19.8. The van der Waals surface area contributed by atoms with Crippen molar-refractivity contribution in [3.63, 3.8) is 0 Å². The molecule has 0 aliphatic heterocycles. The van der Waals surface area contributed by atoms with E-state index < -0.39 is 23.0 Å². The van der Waals surface area contributed by atoms with Crippen LogP contribution in [-0.4, -0.2) is 28.1 Å². The van der Waals surface area contributed by atoms with Crippen molar-refractivity contribution < 1.29 is 23.0 Å². The Labute approximate surface area is 244 Å². The maximum absolute atomic E-state index is 15.1. The topological polar surface area (TPSA) is 70.4 Å². The van der Waals surface area contributed by atoms with Gasteiger partial charge in [0.25, 0.3) is 5.56 Å². The summed E-state index contributed by atoms with van der Waals surface area (Å²) in [4.78, 5) is 31.0. The first kappa shape index (κ1) is 30.4. The van der Waals surface area contributed by atoms with Crippen molar-refractivity contribution in [3.8, 4) is 22.9 Å². The highest BCUT2D eigenvalue weighted by Gasteiger charge is 2.21. The molecular formula is C31H30ClF2N2O4P. The van der Waals surface area contributed by atoms with E-state index in [2.05, 4.69) is 11.9 Å². The van der Waals surface area contributed by atoms with E-state index in [-0.39, 0.29) is 30.1 Å². The van der Waals surface area contributed by atoms with Gasteiger partial charge in [0.15, 0.2) is 17.3 Å². The molecular weight excluding hydrogens is 569 g/mol. The molecule has 0 amide bonds. The third kappa shape index (κ3) is 7.57. The molecule has 1 unspecified atom stereocenters. The minimum Gasteiger partial charge on any atom is -0.493 e. The van der Waals surface area contributed by atoms with Crippen molar-refractivity contribution >= 4 is 31.4 Å². The number of pyridine rings is 2. The van der Waals surface area contributed by atoms with E-state index in [0.29, 0.717) is 30.6 Å². The SMILES string of the molecule is CCCCCPc1nccc(Oc2ccc(CC(=O)c3c(OCC)ccn(-c4ccc(F)cc4)c3=O)cc2F)c1Cl. The molecule has 4 rings (SSSR count). The lowest BCUT2D eigenvalue weighted by Crippen LogP contribution is -2.27. The zero-order valence-corrected chi connectivity index (χ0v) is 24.5. The van der Waals surface area contributed by atoms with E-state index in [1.54, 1.807) is 25.3 Å². The number of nitrogens with zero attached hydrogens (tertiary/aromatic N) is 2. The van der Waals surface area contributed by atoms with Gasteiger partial charge in [-0.25, -0.2) is 8.78 Å². The Kier molecular flexibility index (Phi) is 10.6. The third-order valence-electron chi connectivity index (χ3n) is 6.24. The Morgan fingerprint density at radius 2 is 1.78 bits per heavy atom. The Balaban J connectivity index is 1.54. The van der Waals surface area contributed by atoms with Gasteiger partial charge in [-0.2, -0.15) is 0 Å². The van der Waals surface area contributed by atoms with Crippen molar-refractivity contribution in [2.45, 2.75) is 39.5 Å². The van der Waals surface area contributed by atoms with Crippen LogP contribution in [0.25, 0.3) is 5.69 Å². The molecule has 4 aromatic rings. The Morgan fingerprint density at radius 3 is 2.49 bits per heavy atom. The number of hydrogen-bond donors (Lipinski definition) is 0. The smallest absolute Gasteiger partial charge is 0.269 e. The summed E-state index contributed by atoms with van der Waals surface area (Å²) >= 11 is 6.50. The minimum atomic E-state index is -0.683. The van der Waals surface area contributed by atoms with E-state index >= 15 is 4.39 Å². The van der Waals surface area contributed by atoms with E-state index in [0.717, 1.165) is 30.9 Å². The predicted molar refractivity (Wildman–Crippen MR) is 159 cm³/mol. The number of Topliss-reactive ketones (excluding diaryl/α,β-unsaturated/α-hetero) is 1. The number of ketones is 1. The Morgan fingerprint density at radius 1 is 1.00 bits per heavy atom. The number of hydrogen-bond acceptors (Lipinski definition) is 5. The van der Waals surface area contributed by atoms with Crippen molar-refractivity contribution in [3.05, 3.63) is 105 Å². The van der Waals surface area contributed by atoms with Crippen molar-refractivity contribution in [2.75, 3.05) is 12.8 Å². The molecule has 0 spiro atoms. The number of carbonyl (C=O) groups excluding carboxylic acids is 1. The van der Waals surface area contributed by atoms with Crippen LogP contribution in [0.1, 0.15) is 49.0 Å². The highest BCUT2D eigenvalue weighted by Crippen LogP contribution is 2.32. The molecule has 2 aromatic heterocycles. The molecule has 214 valence electrons. The van der Waals surface area contributed by atoms with Crippen molar-refractivity contribution in [1.82, 2.24) is 9.55 Å². The molecule has 1 atom stereocenters. The predicted octanol–water partition coefficient (Wildman–Crippen LogP) is 7.27. The molecule has 0 aliphatic carbocycles. The van der Waals surface area contributed by atoms with Gasteiger partial charge < -0.3 is 9.47 Å². The molecule has 0 N–H and O–H groups in total. The zero-order valence-electron chi connectivity index (χ0n) is 22.8. The van der Waals surface area contributed by atoms with Crippen molar-refractivity contribution in [1.29, 1.82) is 0 Å². The van der Waals surface area contributed by atoms with Crippen molar-refractivity contribution in [2.24, 2.45) is 0 Å². The second kappa shape index (κ2) is 14.3. The second-order valence-electron chi connectivity index (χ2n) is 9.21. The molecule has 0 aliphatic rings. The van der Waals surface area contributed by atoms with E-state index in [4.69, 9.17) is 21.1 Å². The maximum atomic E-state index is 15.1. The zero-order chi connectivity index (χ0) is 29.4. The van der Waals surface area contributed by atoms with Crippen LogP contribution in [0.15, 0.2) is 71.8 Å². The van der Waals surface area contributed by atoms with Gasteiger partial charge in [-0.1, -0.05) is 46.0 Å². The van der Waals surface area contributed by atoms with Crippen LogP contribution in [0, 0.1) is 11.6 Å². The van der Waals surface area contributed by atoms with Crippen LogP contribution in [0.3, 0.4) is 0 Å². The molecule has 41 heavy (non-hydrogen) atoms. The summed E-state index contributed by atoms with van der Waals surface area (Å²) in [7, 11) is 0.427. The fourth-order valence-electron chi connectivity index (χ4n) is 4.20. The van der Waals surface area contributed by atoms with E-state index in [1.165, 1.54) is 53.2 Å². The number of carbonyl (C=O) groups is 1. The van der Waals surface area contributed by atoms with Gasteiger partial charge in [-0.05, 0) is 67.5 Å². The summed E-state index contributed by atoms with van der Waals surface area (Å²) in [6.07, 6.45) is 7.13. The van der Waals surface area contributed by atoms with Crippen LogP contribution in [-0.2, 0) is 6.42 Å². The summed E-state index contributed by atoms with van der Waals surface area (Å²) in [6.45, 7) is 4.11. The average Bonchev–Trinajstić information content (AvgIpc) is 2.95. The van der Waals surface area contributed by atoms with Gasteiger partial charge in [0.1, 0.15) is 27.9 Å². The average molecular weight is 599 g/mol. The van der Waals surface area contributed by atoms with E-state index in [1.807, 2.05) is 0 Å². The Hall–Kier alpha value is -3.61. The largest absolute Gasteiger partial charge is 0.493 e. The standard InChI is InChI=1S/C31H30ClF2N2O4P/c1-3-5-6-17-41-30-29(32)27(13-15-35-30)40-25-12-7-20(18-23(25)34)19-24(37)28-26(39-4-2)14-16-36(31(28)38)22-10-8-21(33)9-11-22/h7-16,18,41H,3-6,17,19H2,1-2H3. The van der Waals surface area contributed by atoms with Crippen LogP contribution < -0.4 is 20.5 Å². The number of benzene rings is 2. The fourth-order valence-corrected chi connectivity index (χ4v) is 5.65. The molecule has 0 radical (unpaired) electrons. The number of aromatic nitrogens is 2. The molecule has 0 saturated heterocycles. The minimum absolute atomic E-state index is 0.0528.